The summed E-state index contributed by atoms with van der Waals surface area (Å²) in [5.41, 5.74) is 5.66. The van der Waals surface area contributed by atoms with Gasteiger partial charge in [-0.05, 0) is 86.1 Å². The average molecular weight is 612 g/mol. The van der Waals surface area contributed by atoms with Crippen LogP contribution in [0.2, 0.25) is 0 Å². The van der Waals surface area contributed by atoms with Crippen molar-refractivity contribution in [2.24, 2.45) is 7.05 Å². The molecule has 12 nitrogen and oxygen atoms in total. The minimum atomic E-state index is -1.35. The highest BCUT2D eigenvalue weighted by Crippen LogP contribution is 2.45. The van der Waals surface area contributed by atoms with Gasteiger partial charge in [0.2, 0.25) is 0 Å². The third kappa shape index (κ3) is 5.47. The van der Waals surface area contributed by atoms with Gasteiger partial charge in [0.15, 0.2) is 5.82 Å². The Morgan fingerprint density at radius 2 is 1.76 bits per heavy atom. The second-order valence-corrected chi connectivity index (χ2v) is 11.3. The molecule has 0 spiro atoms. The number of ether oxygens (including phenoxy) is 1. The molecule has 2 fully saturated rings. The number of aliphatic hydroxyl groups is 3. The smallest absolute Gasteiger partial charge is 0.324 e. The van der Waals surface area contributed by atoms with Gasteiger partial charge in [-0.2, -0.15) is 5.10 Å². The Morgan fingerprint density at radius 1 is 1.00 bits per heavy atom. The average Bonchev–Trinajstić information content (AvgIpc) is 3.72. The number of hydrogen-bond donors (Lipinski definition) is 4. The quantitative estimate of drug-likeness (QED) is 0.124. The van der Waals surface area contributed by atoms with Crippen LogP contribution in [0.1, 0.15) is 56.6 Å². The molecule has 2 aromatic carbocycles. The number of fused-ring (bicyclic) bond motifs is 4. The number of amides is 1. The molecule has 0 radical (unpaired) electrons. The van der Waals surface area contributed by atoms with E-state index in [1.165, 1.54) is 6.33 Å². The molecule has 2 bridgehead atoms. The molecule has 5 heterocycles. The van der Waals surface area contributed by atoms with Crippen LogP contribution in [-0.4, -0.2) is 62.4 Å². The van der Waals surface area contributed by atoms with Gasteiger partial charge in [0.1, 0.15) is 23.3 Å². The largest absolute Gasteiger partial charge is 0.498 e. The van der Waals surface area contributed by atoms with E-state index >= 15 is 0 Å². The molecule has 3 aromatic heterocycles. The summed E-state index contributed by atoms with van der Waals surface area (Å²) in [4.78, 5) is 23.3. The standard InChI is InChI=1S/C31H31N7O5.C2H6/c1-17-11-19(3-8-26(17)43-22-6-7-25-24(14-22)33-16-36(25)2)35-29-27-23(9-10-37(27)34-15-32-29)18-12-20-4-5-21(13-18)38(20)30(40)28(39)31(41)42;1-2/h3,6-11,14-16,18,20-21,39,41-42H,4-5,12-13H2,1-2H3,(H,32,34,35);1-2H3. The molecule has 2 saturated heterocycles. The van der Waals surface area contributed by atoms with E-state index in [0.717, 1.165) is 52.0 Å². The lowest BCUT2D eigenvalue weighted by Crippen LogP contribution is -2.46. The molecule has 2 atom stereocenters. The van der Waals surface area contributed by atoms with Crippen LogP contribution in [0.3, 0.4) is 0 Å². The van der Waals surface area contributed by atoms with Crippen LogP contribution in [0.5, 0.6) is 11.5 Å². The van der Waals surface area contributed by atoms with Gasteiger partial charge in [-0.1, -0.05) is 13.8 Å². The summed E-state index contributed by atoms with van der Waals surface area (Å²) in [6.07, 6.45) is 8.17. The Bertz CT molecular complexity index is 1890. The fourth-order valence-corrected chi connectivity index (χ4v) is 6.66. The molecule has 1 amide bonds. The van der Waals surface area contributed by atoms with Crippen molar-refractivity contribution in [3.8, 4) is 11.5 Å². The van der Waals surface area contributed by atoms with Crippen LogP contribution in [-0.2, 0) is 11.8 Å². The molecular weight excluding hydrogens is 574 g/mol. The van der Waals surface area contributed by atoms with E-state index in [1.807, 2.05) is 81.0 Å². The number of hydrogen-bond acceptors (Lipinski definition) is 9. The van der Waals surface area contributed by atoms with E-state index in [2.05, 4.69) is 20.4 Å². The Hall–Kier alpha value is -5.26. The highest BCUT2D eigenvalue weighted by Gasteiger charge is 2.45. The topological polar surface area (TPSA) is 150 Å². The first-order valence-corrected chi connectivity index (χ1v) is 15.2. The zero-order valence-corrected chi connectivity index (χ0v) is 25.7. The zero-order chi connectivity index (χ0) is 31.8. The number of aryl methyl sites for hydroxylation is 2. The summed E-state index contributed by atoms with van der Waals surface area (Å²) in [6.45, 7) is 5.99. The number of carbonyl (C=O) groups is 1. The van der Waals surface area contributed by atoms with Crippen LogP contribution in [0, 0.1) is 6.92 Å². The van der Waals surface area contributed by atoms with Crippen LogP contribution >= 0.6 is 0 Å². The van der Waals surface area contributed by atoms with Crippen LogP contribution < -0.4 is 10.1 Å². The molecule has 7 rings (SSSR count). The van der Waals surface area contributed by atoms with E-state index in [9.17, 15) is 20.1 Å². The number of aliphatic hydroxyl groups excluding tert-OH is 2. The number of anilines is 2. The summed E-state index contributed by atoms with van der Waals surface area (Å²) in [5.74, 6) is -0.834. The van der Waals surface area contributed by atoms with Gasteiger partial charge in [-0.3, -0.25) is 4.79 Å². The van der Waals surface area contributed by atoms with E-state index < -0.39 is 17.6 Å². The van der Waals surface area contributed by atoms with Crippen LogP contribution in [0.4, 0.5) is 11.5 Å². The number of rotatable bonds is 6. The van der Waals surface area contributed by atoms with E-state index in [0.29, 0.717) is 24.4 Å². The van der Waals surface area contributed by atoms with Gasteiger partial charge in [0.05, 0.1) is 17.4 Å². The van der Waals surface area contributed by atoms with Crippen molar-refractivity contribution in [1.29, 1.82) is 0 Å². The van der Waals surface area contributed by atoms with Crippen LogP contribution in [0.15, 0.2) is 73.0 Å². The lowest BCUT2D eigenvalue weighted by molar-refractivity contribution is -0.135. The molecule has 4 N–H and O–H groups in total. The summed E-state index contributed by atoms with van der Waals surface area (Å²) in [6, 6.07) is 13.6. The van der Waals surface area contributed by atoms with Gasteiger partial charge in [-0.25, -0.2) is 14.5 Å². The van der Waals surface area contributed by atoms with Crippen molar-refractivity contribution in [1.82, 2.24) is 29.0 Å². The molecule has 2 aliphatic heterocycles. The summed E-state index contributed by atoms with van der Waals surface area (Å²) in [7, 11) is 1.96. The monoisotopic (exact) mass is 611 g/mol. The Labute approximate surface area is 260 Å². The highest BCUT2D eigenvalue weighted by molar-refractivity contribution is 5.92. The lowest BCUT2D eigenvalue weighted by Gasteiger charge is -2.38. The number of aromatic nitrogens is 5. The van der Waals surface area contributed by atoms with Crippen molar-refractivity contribution >= 4 is 34.0 Å². The second kappa shape index (κ2) is 12.0. The van der Waals surface area contributed by atoms with Gasteiger partial charge >= 0.3 is 5.95 Å². The number of imidazole rings is 1. The first kappa shape index (κ1) is 29.8. The van der Waals surface area contributed by atoms with Crippen molar-refractivity contribution in [3.05, 3.63) is 84.1 Å². The fraction of sp³-hybridized carbons (Fsp3) is 0.333. The van der Waals surface area contributed by atoms with E-state index in [-0.39, 0.29) is 18.0 Å². The fourth-order valence-electron chi connectivity index (χ4n) is 6.66. The van der Waals surface area contributed by atoms with Crippen LogP contribution in [0.25, 0.3) is 16.6 Å². The highest BCUT2D eigenvalue weighted by atomic mass is 16.5. The predicted molar refractivity (Wildman–Crippen MR) is 170 cm³/mol. The number of carbonyl (C=O) groups excluding carboxylic acids is 1. The molecule has 2 unspecified atom stereocenters. The maximum absolute atomic E-state index is 12.7. The first-order valence-electron chi connectivity index (χ1n) is 15.2. The molecule has 0 saturated carbocycles. The van der Waals surface area contributed by atoms with Crippen molar-refractivity contribution in [3.63, 3.8) is 0 Å². The predicted octanol–water partition coefficient (Wildman–Crippen LogP) is 6.57. The van der Waals surface area contributed by atoms with Crippen molar-refractivity contribution < 1.29 is 24.9 Å². The maximum atomic E-state index is 12.7. The number of benzene rings is 2. The Balaban J connectivity index is 0.00000175. The van der Waals surface area contributed by atoms with E-state index in [4.69, 9.17) is 4.74 Å². The number of nitrogens with zero attached hydrogens (tertiary/aromatic N) is 6. The third-order valence-electron chi connectivity index (χ3n) is 8.67. The molecule has 5 aromatic rings. The Morgan fingerprint density at radius 3 is 2.47 bits per heavy atom. The molecule has 12 heteroatoms. The molecule has 234 valence electrons. The normalized spacial score (nSPS) is 18.8. The third-order valence-corrected chi connectivity index (χ3v) is 8.67. The number of piperidine rings is 1. The SMILES string of the molecule is CC.Cc1cc(Nc2ncnn3ccc(C4CC5CCC(C4)N5C(=O)C(O)=C(O)O)c23)ccc1Oc1ccc2c(c1)ncn2C. The zero-order valence-electron chi connectivity index (χ0n) is 25.7. The summed E-state index contributed by atoms with van der Waals surface area (Å²) >= 11 is 0. The lowest BCUT2D eigenvalue weighted by atomic mass is 9.85. The first-order chi connectivity index (χ1) is 21.8. The van der Waals surface area contributed by atoms with Crippen molar-refractivity contribution in [2.45, 2.75) is 64.5 Å². The summed E-state index contributed by atoms with van der Waals surface area (Å²) < 4.78 is 9.96. The van der Waals surface area contributed by atoms with Gasteiger partial charge in [0, 0.05) is 37.1 Å². The molecule has 0 aliphatic carbocycles. The molecule has 45 heavy (non-hydrogen) atoms. The van der Waals surface area contributed by atoms with Gasteiger partial charge < -0.3 is 34.8 Å². The maximum Gasteiger partial charge on any atom is 0.324 e. The van der Waals surface area contributed by atoms with E-state index in [1.54, 1.807) is 15.7 Å². The molecule has 2 aliphatic rings. The Kier molecular flexibility index (Phi) is 7.96. The molecular formula is C33H37N7O5. The summed E-state index contributed by atoms with van der Waals surface area (Å²) in [5, 5.41) is 36.2. The van der Waals surface area contributed by atoms with Gasteiger partial charge in [0.25, 0.3) is 11.7 Å². The second-order valence-electron chi connectivity index (χ2n) is 11.3. The van der Waals surface area contributed by atoms with Gasteiger partial charge in [-0.15, -0.1) is 0 Å². The minimum Gasteiger partial charge on any atom is -0.498 e. The minimum absolute atomic E-state index is 0.109. The number of nitrogens with one attached hydrogen (secondary N) is 1. The van der Waals surface area contributed by atoms with Crippen molar-refractivity contribution in [2.75, 3.05) is 5.32 Å².